The number of halogens is 1. The lowest BCUT2D eigenvalue weighted by atomic mass is 10.1. The number of carbonyl (C=O) groups is 1. The molecule has 178 valence electrons. The van der Waals surface area contributed by atoms with Crippen molar-refractivity contribution in [2.24, 2.45) is 0 Å². The van der Waals surface area contributed by atoms with E-state index >= 15 is 0 Å². The summed E-state index contributed by atoms with van der Waals surface area (Å²) in [4.78, 5) is 21.9. The van der Waals surface area contributed by atoms with E-state index in [4.69, 9.17) is 16.6 Å². The number of nitrogens with zero attached hydrogens (tertiary/aromatic N) is 3. The summed E-state index contributed by atoms with van der Waals surface area (Å²) in [6.45, 7) is 5.47. The lowest BCUT2D eigenvalue weighted by Gasteiger charge is -2.21. The minimum absolute atomic E-state index is 0.0932. The molecule has 0 saturated heterocycles. The molecule has 2 aromatic carbocycles. The zero-order valence-corrected chi connectivity index (χ0v) is 21.9. The number of anilines is 1. The topological polar surface area (TPSA) is 70.6 Å². The predicted molar refractivity (Wildman–Crippen MR) is 137 cm³/mol. The van der Waals surface area contributed by atoms with Crippen LogP contribution >= 0.6 is 22.9 Å². The predicted octanol–water partition coefficient (Wildman–Crippen LogP) is 5.11. The molecule has 0 aliphatic carbocycles. The second kappa shape index (κ2) is 11.0. The second-order valence-corrected chi connectivity index (χ2v) is 12.0. The van der Waals surface area contributed by atoms with Crippen LogP contribution in [-0.2, 0) is 14.6 Å². The third-order valence-corrected chi connectivity index (χ3v) is 8.60. The smallest absolute Gasteiger partial charge is 0.228 e. The number of fused-ring (bicyclic) bond motifs is 1. The Morgan fingerprint density at radius 2 is 1.76 bits per heavy atom. The van der Waals surface area contributed by atoms with Gasteiger partial charge in [-0.1, -0.05) is 29.0 Å². The molecule has 0 spiro atoms. The Kier molecular flexibility index (Phi) is 8.50. The van der Waals surface area contributed by atoms with Crippen molar-refractivity contribution >= 4 is 54.0 Å². The molecule has 0 saturated carbocycles. The Hall–Kier alpha value is -2.00. The highest BCUT2D eigenvalue weighted by atomic mass is 35.5. The summed E-state index contributed by atoms with van der Waals surface area (Å²) in [5.41, 5.74) is 3.17. The maximum absolute atomic E-state index is 13.2. The van der Waals surface area contributed by atoms with Gasteiger partial charge in [0.2, 0.25) is 5.91 Å². The van der Waals surface area contributed by atoms with Gasteiger partial charge in [0, 0.05) is 18.0 Å². The first kappa shape index (κ1) is 25.6. The van der Waals surface area contributed by atoms with E-state index in [0.29, 0.717) is 16.7 Å². The minimum atomic E-state index is -3.47. The van der Waals surface area contributed by atoms with Gasteiger partial charge < -0.3 is 4.90 Å². The fraction of sp³-hybridized carbons (Fsp3) is 0.417. The normalized spacial score (nSPS) is 11.9. The molecule has 3 aromatic rings. The highest BCUT2D eigenvalue weighted by Gasteiger charge is 2.22. The summed E-state index contributed by atoms with van der Waals surface area (Å²) in [6.07, 6.45) is 1.19. The van der Waals surface area contributed by atoms with Gasteiger partial charge in [0.1, 0.15) is 0 Å². The Labute approximate surface area is 205 Å². The summed E-state index contributed by atoms with van der Waals surface area (Å²) in [6, 6.07) is 10.3. The van der Waals surface area contributed by atoms with Gasteiger partial charge >= 0.3 is 0 Å². The average molecular weight is 508 g/mol. The molecule has 33 heavy (non-hydrogen) atoms. The maximum atomic E-state index is 13.2. The Morgan fingerprint density at radius 3 is 2.42 bits per heavy atom. The number of thiazole rings is 1. The zero-order valence-electron chi connectivity index (χ0n) is 19.5. The Balaban J connectivity index is 1.74. The molecule has 0 radical (unpaired) electrons. The van der Waals surface area contributed by atoms with Crippen molar-refractivity contribution in [2.75, 3.05) is 37.8 Å². The fourth-order valence-electron chi connectivity index (χ4n) is 3.66. The molecule has 1 amide bonds. The first-order valence-corrected chi connectivity index (χ1v) is 13.7. The van der Waals surface area contributed by atoms with Gasteiger partial charge in [-0.15, -0.1) is 0 Å². The number of sulfone groups is 1. The lowest BCUT2D eigenvalue weighted by Crippen LogP contribution is -2.33. The van der Waals surface area contributed by atoms with Gasteiger partial charge in [-0.2, -0.15) is 0 Å². The summed E-state index contributed by atoms with van der Waals surface area (Å²) >= 11 is 7.37. The van der Waals surface area contributed by atoms with Crippen molar-refractivity contribution in [1.29, 1.82) is 0 Å². The number of hydrogen-bond donors (Lipinski definition) is 0. The first-order valence-electron chi connectivity index (χ1n) is 10.9. The van der Waals surface area contributed by atoms with Gasteiger partial charge in [-0.3, -0.25) is 9.69 Å². The second-order valence-electron chi connectivity index (χ2n) is 8.51. The zero-order chi connectivity index (χ0) is 24.2. The summed E-state index contributed by atoms with van der Waals surface area (Å²) in [5, 5.41) is 1.15. The van der Waals surface area contributed by atoms with Crippen molar-refractivity contribution in [3.05, 3.63) is 52.5 Å². The molecule has 1 aromatic heterocycles. The van der Waals surface area contributed by atoms with E-state index < -0.39 is 9.84 Å². The van der Waals surface area contributed by atoms with E-state index in [1.807, 2.05) is 27.1 Å². The van der Waals surface area contributed by atoms with Crippen LogP contribution in [0.5, 0.6) is 0 Å². The van der Waals surface area contributed by atoms with E-state index in [1.165, 1.54) is 23.5 Å². The number of benzene rings is 2. The van der Waals surface area contributed by atoms with Gasteiger partial charge in [0.05, 0.1) is 20.9 Å². The number of amides is 1. The van der Waals surface area contributed by atoms with E-state index in [9.17, 15) is 13.2 Å². The largest absolute Gasteiger partial charge is 0.309 e. The molecule has 0 fully saturated rings. The molecule has 0 unspecified atom stereocenters. The molecule has 9 heteroatoms. The number of aromatic nitrogens is 1. The van der Waals surface area contributed by atoms with Crippen LogP contribution in [0.15, 0.2) is 41.3 Å². The SMILES string of the molecule is Cc1cc(C)c2sc(N(CCCN(C)C)C(=O)CCCS(=O)(=O)c3ccc(Cl)cc3)nc2c1. The summed E-state index contributed by atoms with van der Waals surface area (Å²) in [5.74, 6) is -0.196. The lowest BCUT2D eigenvalue weighted by molar-refractivity contribution is -0.118. The molecule has 0 aliphatic rings. The van der Waals surface area contributed by atoms with Crippen molar-refractivity contribution in [1.82, 2.24) is 9.88 Å². The van der Waals surface area contributed by atoms with E-state index in [-0.39, 0.29) is 29.4 Å². The monoisotopic (exact) mass is 507 g/mol. The molecule has 0 aliphatic heterocycles. The van der Waals surface area contributed by atoms with Crippen LogP contribution in [0.1, 0.15) is 30.4 Å². The van der Waals surface area contributed by atoms with Crippen LogP contribution < -0.4 is 4.90 Å². The van der Waals surface area contributed by atoms with Gasteiger partial charge in [-0.25, -0.2) is 13.4 Å². The third kappa shape index (κ3) is 6.76. The number of carbonyl (C=O) groups excluding carboxylic acids is 1. The van der Waals surface area contributed by atoms with Crippen LogP contribution in [0.2, 0.25) is 5.02 Å². The number of aryl methyl sites for hydroxylation is 2. The number of rotatable bonds is 10. The van der Waals surface area contributed by atoms with Crippen LogP contribution in [0.4, 0.5) is 5.13 Å². The third-order valence-electron chi connectivity index (χ3n) is 5.30. The van der Waals surface area contributed by atoms with Crippen LogP contribution in [0.3, 0.4) is 0 Å². The van der Waals surface area contributed by atoms with Crippen molar-refractivity contribution in [2.45, 2.75) is 38.0 Å². The van der Waals surface area contributed by atoms with Crippen LogP contribution in [-0.4, -0.2) is 57.1 Å². The molecule has 0 N–H and O–H groups in total. The minimum Gasteiger partial charge on any atom is -0.309 e. The van der Waals surface area contributed by atoms with Crippen LogP contribution in [0.25, 0.3) is 10.2 Å². The molecule has 3 rings (SSSR count). The Bertz CT molecular complexity index is 1220. The molecule has 0 atom stereocenters. The summed E-state index contributed by atoms with van der Waals surface area (Å²) < 4.78 is 26.3. The Morgan fingerprint density at radius 1 is 1.06 bits per heavy atom. The maximum Gasteiger partial charge on any atom is 0.228 e. The molecule has 1 heterocycles. The van der Waals surface area contributed by atoms with Crippen molar-refractivity contribution < 1.29 is 13.2 Å². The quantitative estimate of drug-likeness (QED) is 0.381. The average Bonchev–Trinajstić information content (AvgIpc) is 3.15. The van der Waals surface area contributed by atoms with Gasteiger partial charge in [0.25, 0.3) is 0 Å². The van der Waals surface area contributed by atoms with Gasteiger partial charge in [-0.05, 0) is 88.8 Å². The first-order chi connectivity index (χ1) is 15.6. The molecule has 0 bridgehead atoms. The van der Waals surface area contributed by atoms with Crippen molar-refractivity contribution in [3.63, 3.8) is 0 Å². The van der Waals surface area contributed by atoms with E-state index in [0.717, 1.165) is 34.3 Å². The van der Waals surface area contributed by atoms with Crippen molar-refractivity contribution in [3.8, 4) is 0 Å². The molecular formula is C24H30ClN3O3S2. The van der Waals surface area contributed by atoms with E-state index in [1.54, 1.807) is 17.0 Å². The highest BCUT2D eigenvalue weighted by Crippen LogP contribution is 2.32. The fourth-order valence-corrected chi connectivity index (χ4v) is 6.16. The highest BCUT2D eigenvalue weighted by molar-refractivity contribution is 7.91. The van der Waals surface area contributed by atoms with E-state index in [2.05, 4.69) is 17.9 Å². The van der Waals surface area contributed by atoms with Crippen LogP contribution in [0, 0.1) is 13.8 Å². The summed E-state index contributed by atoms with van der Waals surface area (Å²) in [7, 11) is 0.524. The standard InChI is InChI=1S/C24H30ClN3O3S2/c1-17-15-18(2)23-21(16-17)26-24(32-23)28(13-6-12-27(3)4)22(29)7-5-14-33(30,31)20-10-8-19(25)9-11-20/h8-11,15-16H,5-7,12-14H2,1-4H3. The molecule has 6 nitrogen and oxygen atoms in total. The van der Waals surface area contributed by atoms with Gasteiger partial charge in [0.15, 0.2) is 15.0 Å². The molecular weight excluding hydrogens is 478 g/mol. The number of hydrogen-bond acceptors (Lipinski definition) is 6.